The molecule has 0 aliphatic heterocycles. The van der Waals surface area contributed by atoms with Crippen LogP contribution >= 0.6 is 12.4 Å². The molecule has 1 aliphatic carbocycles. The van der Waals surface area contributed by atoms with Crippen LogP contribution in [0.5, 0.6) is 0 Å². The van der Waals surface area contributed by atoms with Crippen LogP contribution in [0.3, 0.4) is 0 Å². The van der Waals surface area contributed by atoms with E-state index in [4.69, 9.17) is 5.73 Å². The van der Waals surface area contributed by atoms with E-state index in [9.17, 15) is 13.6 Å². The number of hydrogen-bond donors (Lipinski definition) is 1. The van der Waals surface area contributed by atoms with Crippen LogP contribution in [-0.4, -0.2) is 25.5 Å². The van der Waals surface area contributed by atoms with Crippen molar-refractivity contribution >= 4 is 18.4 Å². The maximum absolute atomic E-state index is 12.9. The lowest BCUT2D eigenvalue weighted by molar-refractivity contribution is -0.143. The number of ether oxygens (including phenoxy) is 1. The second kappa shape index (κ2) is 4.40. The van der Waals surface area contributed by atoms with Gasteiger partial charge in [0.25, 0.3) is 5.92 Å². The first-order valence-electron chi connectivity index (χ1n) is 4.12. The smallest absolute Gasteiger partial charge is 0.306 e. The van der Waals surface area contributed by atoms with Crippen molar-refractivity contribution in [2.45, 2.75) is 25.2 Å². The summed E-state index contributed by atoms with van der Waals surface area (Å²) in [6, 6.07) is 0. The molecule has 1 saturated carbocycles. The molecule has 0 bridgehead atoms. The summed E-state index contributed by atoms with van der Waals surface area (Å²) in [6.45, 7) is 0.173. The van der Waals surface area contributed by atoms with Gasteiger partial charge in [0.15, 0.2) is 0 Å². The number of rotatable bonds is 4. The minimum Gasteiger partial charge on any atom is -0.469 e. The number of carbonyl (C=O) groups is 1. The molecule has 0 amide bonds. The zero-order chi connectivity index (χ0) is 10.1. The number of methoxy groups -OCH3 is 1. The first-order chi connectivity index (χ1) is 5.97. The van der Waals surface area contributed by atoms with Crippen LogP contribution in [0.4, 0.5) is 8.78 Å². The highest BCUT2D eigenvalue weighted by Crippen LogP contribution is 2.64. The van der Waals surface area contributed by atoms with E-state index in [2.05, 4.69) is 4.74 Å². The fourth-order valence-corrected chi connectivity index (χ4v) is 1.56. The third-order valence-electron chi connectivity index (χ3n) is 2.54. The molecule has 3 nitrogen and oxygen atoms in total. The highest BCUT2D eigenvalue weighted by Gasteiger charge is 2.70. The zero-order valence-electron chi connectivity index (χ0n) is 7.89. The summed E-state index contributed by atoms with van der Waals surface area (Å²) < 4.78 is 30.1. The van der Waals surface area contributed by atoms with Crippen molar-refractivity contribution < 1.29 is 18.3 Å². The molecule has 1 unspecified atom stereocenters. The molecule has 14 heavy (non-hydrogen) atoms. The summed E-state index contributed by atoms with van der Waals surface area (Å²) in [5.74, 6) is -3.33. The van der Waals surface area contributed by atoms with E-state index in [1.54, 1.807) is 0 Å². The van der Waals surface area contributed by atoms with E-state index in [1.165, 1.54) is 7.11 Å². The molecule has 0 aromatic rings. The van der Waals surface area contributed by atoms with Crippen molar-refractivity contribution in [3.63, 3.8) is 0 Å². The minimum atomic E-state index is -2.74. The lowest BCUT2D eigenvalue weighted by Gasteiger charge is -2.12. The number of hydrogen-bond acceptors (Lipinski definition) is 3. The second-order valence-corrected chi connectivity index (χ2v) is 3.45. The van der Waals surface area contributed by atoms with Gasteiger partial charge in [0.1, 0.15) is 0 Å². The molecular formula is C8H14ClF2NO2. The van der Waals surface area contributed by atoms with Crippen LogP contribution < -0.4 is 5.73 Å². The van der Waals surface area contributed by atoms with Crippen molar-refractivity contribution in [3.05, 3.63) is 0 Å². The quantitative estimate of drug-likeness (QED) is 0.741. The van der Waals surface area contributed by atoms with Crippen molar-refractivity contribution in [3.8, 4) is 0 Å². The highest BCUT2D eigenvalue weighted by molar-refractivity contribution is 5.85. The minimum absolute atomic E-state index is 0. The molecule has 0 heterocycles. The number of nitrogens with two attached hydrogens (primary N) is 1. The highest BCUT2D eigenvalue weighted by atomic mass is 35.5. The number of halogens is 3. The monoisotopic (exact) mass is 229 g/mol. The molecule has 0 spiro atoms. The van der Waals surface area contributed by atoms with Gasteiger partial charge in [-0.1, -0.05) is 0 Å². The molecular weight excluding hydrogens is 216 g/mol. The van der Waals surface area contributed by atoms with E-state index in [1.807, 2.05) is 0 Å². The molecule has 0 radical (unpaired) electrons. The van der Waals surface area contributed by atoms with Crippen molar-refractivity contribution in [2.75, 3.05) is 13.7 Å². The van der Waals surface area contributed by atoms with Gasteiger partial charge in [0.05, 0.1) is 18.9 Å². The summed E-state index contributed by atoms with van der Waals surface area (Å²) >= 11 is 0. The van der Waals surface area contributed by atoms with E-state index in [-0.39, 0.29) is 38.2 Å². The fourth-order valence-electron chi connectivity index (χ4n) is 1.56. The summed E-state index contributed by atoms with van der Waals surface area (Å²) in [5, 5.41) is 0. The number of carbonyl (C=O) groups excluding carboxylic acids is 1. The van der Waals surface area contributed by atoms with E-state index in [0.29, 0.717) is 0 Å². The maximum Gasteiger partial charge on any atom is 0.306 e. The van der Waals surface area contributed by atoms with Crippen molar-refractivity contribution in [1.29, 1.82) is 0 Å². The van der Waals surface area contributed by atoms with Gasteiger partial charge in [-0.15, -0.1) is 12.4 Å². The molecule has 1 fully saturated rings. The molecule has 1 atom stereocenters. The third kappa shape index (κ3) is 2.33. The zero-order valence-corrected chi connectivity index (χ0v) is 8.70. The molecule has 0 aromatic heterocycles. The molecule has 0 saturated heterocycles. The lowest BCUT2D eigenvalue weighted by Crippen LogP contribution is -2.21. The Kier molecular flexibility index (Phi) is 4.27. The van der Waals surface area contributed by atoms with Crippen molar-refractivity contribution in [2.24, 2.45) is 11.1 Å². The number of alkyl halides is 2. The normalized spacial score (nSPS) is 27.7. The van der Waals surface area contributed by atoms with Gasteiger partial charge < -0.3 is 10.5 Å². The molecule has 2 N–H and O–H groups in total. The summed E-state index contributed by atoms with van der Waals surface area (Å²) in [4.78, 5) is 10.8. The van der Waals surface area contributed by atoms with Crippen LogP contribution in [-0.2, 0) is 9.53 Å². The Morgan fingerprint density at radius 3 is 2.36 bits per heavy atom. The number of esters is 1. The Bertz CT molecular complexity index is 225. The Morgan fingerprint density at radius 1 is 1.57 bits per heavy atom. The maximum atomic E-state index is 12.9. The Balaban J connectivity index is 0.00000169. The Labute approximate surface area is 87.4 Å². The van der Waals surface area contributed by atoms with Gasteiger partial charge in [-0.25, -0.2) is 8.78 Å². The van der Waals surface area contributed by atoms with Crippen LogP contribution in [0.15, 0.2) is 0 Å². The van der Waals surface area contributed by atoms with Gasteiger partial charge in [-0.3, -0.25) is 4.79 Å². The van der Waals surface area contributed by atoms with Crippen LogP contribution in [0.25, 0.3) is 0 Å². The van der Waals surface area contributed by atoms with Gasteiger partial charge in [0, 0.05) is 6.42 Å². The van der Waals surface area contributed by atoms with E-state index >= 15 is 0 Å². The third-order valence-corrected chi connectivity index (χ3v) is 2.54. The molecule has 6 heteroatoms. The van der Waals surface area contributed by atoms with Gasteiger partial charge in [0.2, 0.25) is 0 Å². The Morgan fingerprint density at radius 2 is 2.07 bits per heavy atom. The topological polar surface area (TPSA) is 52.3 Å². The molecule has 1 rings (SSSR count). The predicted molar refractivity (Wildman–Crippen MR) is 49.5 cm³/mol. The largest absolute Gasteiger partial charge is 0.469 e. The van der Waals surface area contributed by atoms with Crippen LogP contribution in [0.1, 0.15) is 19.3 Å². The standard InChI is InChI=1S/C8H13F2NO2.ClH/c1-13-6(12)4-7(2-3-11)5-8(7,9)10;/h2-5,11H2,1H3;1H. The lowest BCUT2D eigenvalue weighted by atomic mass is 9.97. The molecule has 0 aromatic carbocycles. The van der Waals surface area contributed by atoms with Gasteiger partial charge >= 0.3 is 5.97 Å². The van der Waals surface area contributed by atoms with Crippen molar-refractivity contribution in [1.82, 2.24) is 0 Å². The van der Waals surface area contributed by atoms with Gasteiger partial charge in [-0.2, -0.15) is 0 Å². The fraction of sp³-hybridized carbons (Fsp3) is 0.875. The first kappa shape index (κ1) is 13.6. The van der Waals surface area contributed by atoms with Crippen LogP contribution in [0, 0.1) is 5.41 Å². The SMILES string of the molecule is COC(=O)CC1(CCN)CC1(F)F.Cl. The Hall–Kier alpha value is -0.420. The molecule has 84 valence electrons. The predicted octanol–water partition coefficient (Wildman–Crippen LogP) is 1.35. The molecule has 1 aliphatic rings. The summed E-state index contributed by atoms with van der Waals surface area (Å²) in [7, 11) is 1.19. The summed E-state index contributed by atoms with van der Waals surface area (Å²) in [6.07, 6.45) is -0.297. The second-order valence-electron chi connectivity index (χ2n) is 3.45. The average Bonchev–Trinajstić information content (AvgIpc) is 2.53. The average molecular weight is 230 g/mol. The summed E-state index contributed by atoms with van der Waals surface area (Å²) in [5.41, 5.74) is 3.99. The van der Waals surface area contributed by atoms with E-state index < -0.39 is 17.3 Å². The van der Waals surface area contributed by atoms with E-state index in [0.717, 1.165) is 0 Å². The van der Waals surface area contributed by atoms with Gasteiger partial charge in [-0.05, 0) is 13.0 Å². The first-order valence-corrected chi connectivity index (χ1v) is 4.12. The van der Waals surface area contributed by atoms with Crippen LogP contribution in [0.2, 0.25) is 0 Å².